The van der Waals surface area contributed by atoms with E-state index in [4.69, 9.17) is 0 Å². The molecule has 1 aliphatic carbocycles. The number of allylic oxidation sites excluding steroid dienone is 5. The summed E-state index contributed by atoms with van der Waals surface area (Å²) in [4.78, 5) is 5.23. The summed E-state index contributed by atoms with van der Waals surface area (Å²) < 4.78 is 0. The predicted molar refractivity (Wildman–Crippen MR) is 219 cm³/mol. The summed E-state index contributed by atoms with van der Waals surface area (Å²) in [5.41, 5.74) is 14.4. The molecule has 6 aromatic carbocycles. The monoisotopic (exact) mass is 704 g/mol. The molecule has 10 rings (SSSR count). The van der Waals surface area contributed by atoms with E-state index in [1.807, 2.05) is 23.5 Å². The van der Waals surface area contributed by atoms with Crippen LogP contribution in [-0.4, -0.2) is 6.54 Å². The Hall–Kier alpha value is -5.42. The summed E-state index contributed by atoms with van der Waals surface area (Å²) in [6, 6.07) is 50.0. The van der Waals surface area contributed by atoms with E-state index in [1.165, 1.54) is 75.4 Å². The molecule has 52 heavy (non-hydrogen) atoms. The van der Waals surface area contributed by atoms with Crippen molar-refractivity contribution in [3.8, 4) is 22.3 Å². The zero-order valence-electron chi connectivity index (χ0n) is 28.6. The molecule has 4 heteroatoms. The largest absolute Gasteiger partial charge is 0.381 e. The third-order valence-corrected chi connectivity index (χ3v) is 12.9. The van der Waals surface area contributed by atoms with Crippen LogP contribution in [0.3, 0.4) is 0 Å². The summed E-state index contributed by atoms with van der Waals surface area (Å²) in [6.45, 7) is 0.845. The highest BCUT2D eigenvalue weighted by Gasteiger charge is 2.48. The number of benzene rings is 6. The number of hydrogen-bond donors (Lipinski definition) is 2. The Morgan fingerprint density at radius 1 is 0.538 bits per heavy atom. The topological polar surface area (TPSA) is 24.1 Å². The lowest BCUT2D eigenvalue weighted by Crippen LogP contribution is -2.36. The van der Waals surface area contributed by atoms with E-state index in [1.54, 1.807) is 0 Å². The fourth-order valence-corrected chi connectivity index (χ4v) is 10.7. The number of nitrogens with one attached hydrogen (secondary N) is 2. The van der Waals surface area contributed by atoms with Crippen molar-refractivity contribution >= 4 is 34.9 Å². The molecule has 0 radical (unpaired) electrons. The minimum absolute atomic E-state index is 0.441. The number of rotatable bonds is 5. The average molecular weight is 705 g/mol. The second-order valence-electron chi connectivity index (χ2n) is 13.6. The van der Waals surface area contributed by atoms with Crippen molar-refractivity contribution in [2.24, 2.45) is 0 Å². The fourth-order valence-electron chi connectivity index (χ4n) is 8.23. The van der Waals surface area contributed by atoms with E-state index in [9.17, 15) is 0 Å². The van der Waals surface area contributed by atoms with E-state index >= 15 is 0 Å². The maximum absolute atomic E-state index is 3.73. The van der Waals surface area contributed by atoms with Gasteiger partial charge in [0.25, 0.3) is 0 Å². The second kappa shape index (κ2) is 13.0. The Bertz CT molecular complexity index is 2460. The number of anilines is 1. The third kappa shape index (κ3) is 5.20. The van der Waals surface area contributed by atoms with Gasteiger partial charge in [0.1, 0.15) is 0 Å². The first-order chi connectivity index (χ1) is 25.8. The molecule has 1 spiro atoms. The molecule has 4 aliphatic rings. The Labute approximate surface area is 314 Å². The van der Waals surface area contributed by atoms with Gasteiger partial charge in [0, 0.05) is 48.8 Å². The van der Waals surface area contributed by atoms with E-state index in [2.05, 4.69) is 181 Å². The Morgan fingerprint density at radius 3 is 1.88 bits per heavy atom. The maximum Gasteiger partial charge on any atom is 0.0745 e. The van der Waals surface area contributed by atoms with Crippen molar-refractivity contribution in [3.63, 3.8) is 0 Å². The highest BCUT2D eigenvalue weighted by molar-refractivity contribution is 8.00. The lowest BCUT2D eigenvalue weighted by atomic mass is 9.64. The van der Waals surface area contributed by atoms with Gasteiger partial charge in [-0.05, 0) is 106 Å². The first-order valence-corrected chi connectivity index (χ1v) is 19.7. The van der Waals surface area contributed by atoms with Crippen LogP contribution < -0.4 is 10.6 Å². The molecule has 2 nitrogen and oxygen atoms in total. The van der Waals surface area contributed by atoms with Crippen LogP contribution in [0, 0.1) is 0 Å². The molecular weight excluding hydrogens is 669 g/mol. The van der Waals surface area contributed by atoms with Crippen LogP contribution >= 0.6 is 23.5 Å². The summed E-state index contributed by atoms with van der Waals surface area (Å²) in [6.07, 6.45) is 15.4. The number of dihydropyridines is 1. The van der Waals surface area contributed by atoms with Crippen LogP contribution in [0.2, 0.25) is 0 Å². The Kier molecular flexibility index (Phi) is 7.81. The zero-order valence-corrected chi connectivity index (χ0v) is 30.2. The standard InChI is InChI=1S/C48H36N2S2/c1-3-13-32(14-4-1)37-29-33(24-27-43(37)50-36-15-5-2-6-16-36)34-22-25-40-46(30-34)52-47-31-35(42-19-11-12-28-49-42)23-26-41(47)48(40)38-17-7-9-20-44(38)51-45-21-10-8-18-39(45)48/h1,3-5,7-27,29-31,49-50H,2,6,28H2. The molecule has 250 valence electrons. The van der Waals surface area contributed by atoms with Crippen molar-refractivity contribution in [3.05, 3.63) is 203 Å². The lowest BCUT2D eigenvalue weighted by Gasteiger charge is -2.45. The molecule has 0 fully saturated rings. The van der Waals surface area contributed by atoms with Crippen LogP contribution in [-0.2, 0) is 5.41 Å². The van der Waals surface area contributed by atoms with E-state index in [0.29, 0.717) is 0 Å². The van der Waals surface area contributed by atoms with Crippen molar-refractivity contribution in [2.45, 2.75) is 37.8 Å². The SMILES string of the molecule is C1=CCNC(c2ccc3c(c2)Sc2cc(-c4ccc(NC5=CCCC=C5)c(-c5ccccc5)c4)ccc2C32c3ccccc3Sc3ccccc32)=C1. The van der Waals surface area contributed by atoms with Crippen molar-refractivity contribution in [1.82, 2.24) is 5.32 Å². The second-order valence-corrected chi connectivity index (χ2v) is 15.8. The molecule has 6 aromatic rings. The van der Waals surface area contributed by atoms with Crippen molar-refractivity contribution < 1.29 is 0 Å². The molecule has 0 amide bonds. The van der Waals surface area contributed by atoms with Gasteiger partial charge in [0.2, 0.25) is 0 Å². The molecule has 0 bridgehead atoms. The summed E-state index contributed by atoms with van der Waals surface area (Å²) in [7, 11) is 0. The zero-order chi connectivity index (χ0) is 34.5. The van der Waals surface area contributed by atoms with E-state index < -0.39 is 5.41 Å². The van der Waals surface area contributed by atoms with Gasteiger partial charge < -0.3 is 10.6 Å². The highest BCUT2D eigenvalue weighted by atomic mass is 32.2. The van der Waals surface area contributed by atoms with Crippen molar-refractivity contribution in [1.29, 1.82) is 0 Å². The quantitative estimate of drug-likeness (QED) is 0.186. The number of fused-ring (bicyclic) bond motifs is 8. The molecular formula is C48H36N2S2. The molecule has 0 aromatic heterocycles. The van der Waals surface area contributed by atoms with E-state index in [0.717, 1.165) is 30.8 Å². The van der Waals surface area contributed by atoms with Gasteiger partial charge in [-0.15, -0.1) is 0 Å². The van der Waals surface area contributed by atoms with Gasteiger partial charge in [-0.25, -0.2) is 0 Å². The van der Waals surface area contributed by atoms with Crippen LogP contribution in [0.5, 0.6) is 0 Å². The minimum Gasteiger partial charge on any atom is -0.381 e. The molecule has 2 N–H and O–H groups in total. The number of hydrogen-bond acceptors (Lipinski definition) is 4. The first-order valence-electron chi connectivity index (χ1n) is 18.0. The van der Waals surface area contributed by atoms with Crippen LogP contribution in [0.25, 0.3) is 28.0 Å². The molecule has 0 atom stereocenters. The van der Waals surface area contributed by atoms with Gasteiger partial charge >= 0.3 is 0 Å². The molecule has 3 aliphatic heterocycles. The van der Waals surface area contributed by atoms with Gasteiger partial charge in [-0.3, -0.25) is 0 Å². The predicted octanol–water partition coefficient (Wildman–Crippen LogP) is 12.5. The maximum atomic E-state index is 3.73. The average Bonchev–Trinajstić information content (AvgIpc) is 3.21. The summed E-state index contributed by atoms with van der Waals surface area (Å²) in [5, 5.41) is 7.32. The molecule has 3 heterocycles. The highest BCUT2D eigenvalue weighted by Crippen LogP contribution is 2.62. The van der Waals surface area contributed by atoms with Crippen LogP contribution in [0.15, 0.2) is 195 Å². The normalized spacial score (nSPS) is 16.1. The third-order valence-electron chi connectivity index (χ3n) is 10.6. The minimum atomic E-state index is -0.441. The van der Waals surface area contributed by atoms with Gasteiger partial charge in [-0.2, -0.15) is 0 Å². The molecule has 0 saturated carbocycles. The Morgan fingerprint density at radius 2 is 1.17 bits per heavy atom. The smallest absolute Gasteiger partial charge is 0.0745 e. The van der Waals surface area contributed by atoms with Crippen LogP contribution in [0.4, 0.5) is 5.69 Å². The van der Waals surface area contributed by atoms with E-state index in [-0.39, 0.29) is 0 Å². The molecule has 0 saturated heterocycles. The van der Waals surface area contributed by atoms with Gasteiger partial charge in [0.15, 0.2) is 0 Å². The van der Waals surface area contributed by atoms with Gasteiger partial charge in [0.05, 0.1) is 5.41 Å². The summed E-state index contributed by atoms with van der Waals surface area (Å²) >= 11 is 3.80. The Balaban J connectivity index is 1.17. The first kappa shape index (κ1) is 31.3. The van der Waals surface area contributed by atoms with Crippen LogP contribution in [0.1, 0.15) is 40.7 Å². The molecule has 0 unspecified atom stereocenters. The summed E-state index contributed by atoms with van der Waals surface area (Å²) in [5.74, 6) is 0. The lowest BCUT2D eigenvalue weighted by molar-refractivity contribution is 0.667. The van der Waals surface area contributed by atoms with Crippen molar-refractivity contribution in [2.75, 3.05) is 11.9 Å². The van der Waals surface area contributed by atoms with Gasteiger partial charge in [-0.1, -0.05) is 145 Å². The fraction of sp³-hybridized carbons (Fsp3) is 0.0833.